The third kappa shape index (κ3) is 5.27. The molecule has 0 fully saturated rings. The lowest BCUT2D eigenvalue weighted by molar-refractivity contribution is 0.142. The van der Waals surface area contributed by atoms with Gasteiger partial charge in [-0.2, -0.15) is 0 Å². The Kier molecular flexibility index (Phi) is 7.33. The minimum Gasteiger partial charge on any atom is -0.493 e. The van der Waals surface area contributed by atoms with Crippen LogP contribution in [0.25, 0.3) is 0 Å². The van der Waals surface area contributed by atoms with Crippen LogP contribution in [0.4, 0.5) is 0 Å². The summed E-state index contributed by atoms with van der Waals surface area (Å²) >= 11 is 0. The van der Waals surface area contributed by atoms with Gasteiger partial charge in [-0.15, -0.1) is 0 Å². The largest absolute Gasteiger partial charge is 0.493 e. The van der Waals surface area contributed by atoms with Gasteiger partial charge in [0.25, 0.3) is 0 Å². The molecule has 1 aromatic rings. The van der Waals surface area contributed by atoms with Crippen molar-refractivity contribution in [2.45, 2.75) is 58.1 Å². The second-order valence-electron chi connectivity index (χ2n) is 6.85. The van der Waals surface area contributed by atoms with Crippen LogP contribution in [0.15, 0.2) is 18.2 Å². The number of benzene rings is 1. The van der Waals surface area contributed by atoms with Crippen LogP contribution in [-0.4, -0.2) is 31.3 Å². The van der Waals surface area contributed by atoms with Crippen molar-refractivity contribution >= 4 is 0 Å². The predicted octanol–water partition coefficient (Wildman–Crippen LogP) is 2.74. The predicted molar refractivity (Wildman–Crippen MR) is 92.4 cm³/mol. The first kappa shape index (κ1) is 18.9. The van der Waals surface area contributed by atoms with Gasteiger partial charge in [0, 0.05) is 6.04 Å². The lowest BCUT2D eigenvalue weighted by Crippen LogP contribution is -2.31. The van der Waals surface area contributed by atoms with E-state index in [1.807, 2.05) is 25.2 Å². The van der Waals surface area contributed by atoms with Crippen molar-refractivity contribution in [3.05, 3.63) is 29.3 Å². The van der Waals surface area contributed by atoms with Crippen molar-refractivity contribution in [1.82, 2.24) is 5.32 Å². The minimum absolute atomic E-state index is 0.0477. The molecule has 2 atom stereocenters. The number of ether oxygens (including phenoxy) is 1. The van der Waals surface area contributed by atoms with E-state index in [1.165, 1.54) is 0 Å². The Balaban J connectivity index is 3.02. The van der Waals surface area contributed by atoms with Crippen LogP contribution in [0, 0.1) is 0 Å². The maximum Gasteiger partial charge on any atom is 0.123 e. The van der Waals surface area contributed by atoms with Crippen LogP contribution >= 0.6 is 0 Å². The van der Waals surface area contributed by atoms with Gasteiger partial charge in [-0.05, 0) is 55.1 Å². The molecule has 2 unspecified atom stereocenters. The molecule has 0 aromatic heterocycles. The first-order valence-corrected chi connectivity index (χ1v) is 8.16. The number of aliphatic hydroxyl groups excluding tert-OH is 1. The summed E-state index contributed by atoms with van der Waals surface area (Å²) < 4.78 is 5.85. The highest BCUT2D eigenvalue weighted by Gasteiger charge is 2.23. The summed E-state index contributed by atoms with van der Waals surface area (Å²) in [6.45, 7) is 10.0. The van der Waals surface area contributed by atoms with Crippen LogP contribution in [0.1, 0.15) is 57.8 Å². The lowest BCUT2D eigenvalue weighted by atomic mass is 9.84. The van der Waals surface area contributed by atoms with E-state index in [4.69, 9.17) is 10.5 Å². The molecule has 0 saturated carbocycles. The van der Waals surface area contributed by atoms with Gasteiger partial charge in [0.05, 0.1) is 12.7 Å². The Morgan fingerprint density at radius 2 is 2.00 bits per heavy atom. The molecule has 4 nitrogen and oxygen atoms in total. The van der Waals surface area contributed by atoms with Crippen molar-refractivity contribution in [2.75, 3.05) is 20.2 Å². The number of nitrogens with one attached hydrogen (secondary N) is 1. The van der Waals surface area contributed by atoms with Gasteiger partial charge in [0.15, 0.2) is 0 Å². The average Bonchev–Trinajstić information content (AvgIpc) is 2.48. The normalized spacial score (nSPS) is 14.7. The Bertz CT molecular complexity index is 455. The molecule has 0 saturated heterocycles. The first-order chi connectivity index (χ1) is 10.3. The van der Waals surface area contributed by atoms with E-state index < -0.39 is 6.10 Å². The third-order valence-electron chi connectivity index (χ3n) is 3.75. The fourth-order valence-corrected chi connectivity index (χ4v) is 2.37. The maximum atomic E-state index is 10.5. The van der Waals surface area contributed by atoms with E-state index >= 15 is 0 Å². The molecular weight excluding hydrogens is 276 g/mol. The SMILES string of the molecule is CCCOc1ccc(C(O)C(N)CCNC)cc1C(C)(C)C. The Hall–Kier alpha value is -1.10. The molecule has 22 heavy (non-hydrogen) atoms. The molecule has 4 N–H and O–H groups in total. The van der Waals surface area contributed by atoms with Crippen LogP contribution in [-0.2, 0) is 5.41 Å². The standard InChI is InChI=1S/C18H32N2O2/c1-6-11-22-16-8-7-13(12-14(16)18(2,3)4)17(21)15(19)9-10-20-5/h7-8,12,15,17,20-21H,6,9-11,19H2,1-5H3. The highest BCUT2D eigenvalue weighted by molar-refractivity contribution is 5.42. The van der Waals surface area contributed by atoms with E-state index in [0.29, 0.717) is 6.61 Å². The van der Waals surface area contributed by atoms with Crippen LogP contribution in [0.3, 0.4) is 0 Å². The maximum absolute atomic E-state index is 10.5. The summed E-state index contributed by atoms with van der Waals surface area (Å²) in [6.07, 6.45) is 1.05. The first-order valence-electron chi connectivity index (χ1n) is 8.16. The van der Waals surface area contributed by atoms with Crippen LogP contribution < -0.4 is 15.8 Å². The lowest BCUT2D eigenvalue weighted by Gasteiger charge is -2.26. The fourth-order valence-electron chi connectivity index (χ4n) is 2.37. The second kappa shape index (κ2) is 8.51. The number of rotatable bonds is 8. The summed E-state index contributed by atoms with van der Waals surface area (Å²) in [7, 11) is 1.89. The summed E-state index contributed by atoms with van der Waals surface area (Å²) in [6, 6.07) is 5.64. The average molecular weight is 308 g/mol. The fraction of sp³-hybridized carbons (Fsp3) is 0.667. The third-order valence-corrected chi connectivity index (χ3v) is 3.75. The summed E-state index contributed by atoms with van der Waals surface area (Å²) in [5, 5.41) is 13.5. The molecule has 1 rings (SSSR count). The van der Waals surface area contributed by atoms with E-state index in [1.54, 1.807) is 0 Å². The summed E-state index contributed by atoms with van der Waals surface area (Å²) in [5.41, 5.74) is 8.01. The van der Waals surface area contributed by atoms with E-state index in [0.717, 1.165) is 36.3 Å². The van der Waals surface area contributed by atoms with Gasteiger partial charge >= 0.3 is 0 Å². The minimum atomic E-state index is -0.658. The quantitative estimate of drug-likeness (QED) is 0.691. The van der Waals surface area contributed by atoms with Crippen molar-refractivity contribution in [2.24, 2.45) is 5.73 Å². The number of hydrogen-bond acceptors (Lipinski definition) is 4. The van der Waals surface area contributed by atoms with Gasteiger partial charge in [0.1, 0.15) is 5.75 Å². The molecule has 0 radical (unpaired) electrons. The molecule has 0 bridgehead atoms. The molecular formula is C18H32N2O2. The monoisotopic (exact) mass is 308 g/mol. The molecule has 4 heteroatoms. The highest BCUT2D eigenvalue weighted by atomic mass is 16.5. The summed E-state index contributed by atoms with van der Waals surface area (Å²) in [4.78, 5) is 0. The van der Waals surface area contributed by atoms with Crippen molar-refractivity contribution in [3.63, 3.8) is 0 Å². The molecule has 0 spiro atoms. The molecule has 0 aliphatic rings. The van der Waals surface area contributed by atoms with Gasteiger partial charge in [-0.25, -0.2) is 0 Å². The number of aliphatic hydroxyl groups is 1. The zero-order chi connectivity index (χ0) is 16.8. The smallest absolute Gasteiger partial charge is 0.123 e. The van der Waals surface area contributed by atoms with Crippen molar-refractivity contribution < 1.29 is 9.84 Å². The molecule has 126 valence electrons. The van der Waals surface area contributed by atoms with Crippen LogP contribution in [0.5, 0.6) is 5.75 Å². The van der Waals surface area contributed by atoms with Crippen molar-refractivity contribution in [3.8, 4) is 5.75 Å². The van der Waals surface area contributed by atoms with Gasteiger partial charge in [-0.3, -0.25) is 0 Å². The second-order valence-corrected chi connectivity index (χ2v) is 6.85. The highest BCUT2D eigenvalue weighted by Crippen LogP contribution is 2.34. The molecule has 0 amide bonds. The summed E-state index contributed by atoms with van der Waals surface area (Å²) in [5.74, 6) is 0.897. The van der Waals surface area contributed by atoms with E-state index in [9.17, 15) is 5.11 Å². The van der Waals surface area contributed by atoms with Gasteiger partial charge in [-0.1, -0.05) is 33.8 Å². The molecule has 0 aliphatic carbocycles. The number of nitrogens with two attached hydrogens (primary N) is 1. The number of hydrogen-bond donors (Lipinski definition) is 3. The van der Waals surface area contributed by atoms with E-state index in [2.05, 4.69) is 33.0 Å². The topological polar surface area (TPSA) is 67.5 Å². The zero-order valence-corrected chi connectivity index (χ0v) is 14.6. The molecule has 0 heterocycles. The molecule has 1 aromatic carbocycles. The van der Waals surface area contributed by atoms with Gasteiger partial charge in [0.2, 0.25) is 0 Å². The van der Waals surface area contributed by atoms with E-state index in [-0.39, 0.29) is 11.5 Å². The Morgan fingerprint density at radius 1 is 1.32 bits per heavy atom. The Morgan fingerprint density at radius 3 is 2.55 bits per heavy atom. The Labute approximate surface area is 135 Å². The zero-order valence-electron chi connectivity index (χ0n) is 14.6. The van der Waals surface area contributed by atoms with Crippen LogP contribution in [0.2, 0.25) is 0 Å². The molecule has 0 aliphatic heterocycles. The van der Waals surface area contributed by atoms with Gasteiger partial charge < -0.3 is 20.9 Å². The van der Waals surface area contributed by atoms with Crippen molar-refractivity contribution in [1.29, 1.82) is 0 Å².